The number of rotatable bonds is 4. The molecule has 2 N–H and O–H groups in total. The largest absolute Gasteiger partial charge is 0.385 e. The van der Waals surface area contributed by atoms with Gasteiger partial charge in [0, 0.05) is 23.3 Å². The van der Waals surface area contributed by atoms with Crippen molar-refractivity contribution in [2.45, 2.75) is 17.7 Å². The number of nitrogens with one attached hydrogen (secondary N) is 2. The van der Waals surface area contributed by atoms with Crippen molar-refractivity contribution in [3.63, 3.8) is 0 Å². The first kappa shape index (κ1) is 13.6. The van der Waals surface area contributed by atoms with Crippen molar-refractivity contribution >= 4 is 31.6 Å². The summed E-state index contributed by atoms with van der Waals surface area (Å²) in [6.45, 7) is 4.74. The molecular weight excluding hydrogens is 316 g/mol. The number of halogens is 1. The SMILES string of the molecule is C=C(Br)CNS(=O)(=O)c1ccc2c(c1)CCCN2. The van der Waals surface area contributed by atoms with E-state index in [1.54, 1.807) is 12.1 Å². The van der Waals surface area contributed by atoms with Crippen LogP contribution >= 0.6 is 15.9 Å². The van der Waals surface area contributed by atoms with E-state index in [0.29, 0.717) is 9.38 Å². The van der Waals surface area contributed by atoms with E-state index in [0.717, 1.165) is 30.6 Å². The van der Waals surface area contributed by atoms with Crippen molar-refractivity contribution in [3.8, 4) is 0 Å². The lowest BCUT2D eigenvalue weighted by Gasteiger charge is -2.18. The van der Waals surface area contributed by atoms with Crippen LogP contribution in [0.2, 0.25) is 0 Å². The Labute approximate surface area is 116 Å². The zero-order valence-electron chi connectivity index (χ0n) is 9.87. The van der Waals surface area contributed by atoms with Crippen LogP contribution in [0, 0.1) is 0 Å². The van der Waals surface area contributed by atoms with E-state index >= 15 is 0 Å². The van der Waals surface area contributed by atoms with Crippen molar-refractivity contribution in [2.75, 3.05) is 18.4 Å². The van der Waals surface area contributed by atoms with Crippen molar-refractivity contribution in [1.82, 2.24) is 4.72 Å². The Morgan fingerprint density at radius 2 is 2.28 bits per heavy atom. The molecule has 0 bridgehead atoms. The van der Waals surface area contributed by atoms with Crippen molar-refractivity contribution < 1.29 is 8.42 Å². The van der Waals surface area contributed by atoms with Crippen molar-refractivity contribution in [2.24, 2.45) is 0 Å². The third kappa shape index (κ3) is 3.13. The smallest absolute Gasteiger partial charge is 0.240 e. The van der Waals surface area contributed by atoms with Crippen LogP contribution in [0.1, 0.15) is 12.0 Å². The minimum absolute atomic E-state index is 0.192. The molecule has 98 valence electrons. The minimum atomic E-state index is -3.46. The van der Waals surface area contributed by atoms with Gasteiger partial charge in [-0.3, -0.25) is 0 Å². The molecule has 0 aromatic heterocycles. The van der Waals surface area contributed by atoms with Crippen LogP contribution in [-0.2, 0) is 16.4 Å². The van der Waals surface area contributed by atoms with E-state index in [9.17, 15) is 8.42 Å². The van der Waals surface area contributed by atoms with Gasteiger partial charge in [-0.05, 0) is 36.6 Å². The number of aryl methyl sites for hydroxylation is 1. The maximum Gasteiger partial charge on any atom is 0.240 e. The molecule has 1 aliphatic heterocycles. The normalized spacial score (nSPS) is 14.7. The second-order valence-corrected chi connectivity index (χ2v) is 7.08. The predicted molar refractivity (Wildman–Crippen MR) is 76.5 cm³/mol. The van der Waals surface area contributed by atoms with Crippen LogP contribution in [0.25, 0.3) is 0 Å². The Kier molecular flexibility index (Phi) is 4.09. The molecule has 0 spiro atoms. The number of hydrogen-bond donors (Lipinski definition) is 2. The van der Waals surface area contributed by atoms with E-state index in [2.05, 4.69) is 32.5 Å². The molecule has 0 atom stereocenters. The highest BCUT2D eigenvalue weighted by Crippen LogP contribution is 2.24. The maximum atomic E-state index is 12.0. The highest BCUT2D eigenvalue weighted by molar-refractivity contribution is 9.11. The van der Waals surface area contributed by atoms with E-state index in [1.165, 1.54) is 0 Å². The molecular formula is C12H15BrN2O2S. The molecule has 0 aliphatic carbocycles. The monoisotopic (exact) mass is 330 g/mol. The van der Waals surface area contributed by atoms with Gasteiger partial charge in [0.2, 0.25) is 10.0 Å². The van der Waals surface area contributed by atoms with Gasteiger partial charge in [0.25, 0.3) is 0 Å². The van der Waals surface area contributed by atoms with Crippen LogP contribution in [0.4, 0.5) is 5.69 Å². The highest BCUT2D eigenvalue weighted by Gasteiger charge is 2.17. The standard InChI is InChI=1S/C12H15BrN2O2S/c1-9(13)8-15-18(16,17)11-4-5-12-10(7-11)3-2-6-14-12/h4-5,7,14-15H,1-3,6,8H2. The first-order chi connectivity index (χ1) is 8.49. The molecule has 1 aliphatic rings. The molecule has 4 nitrogen and oxygen atoms in total. The quantitative estimate of drug-likeness (QED) is 0.890. The summed E-state index contributed by atoms with van der Waals surface area (Å²) in [7, 11) is -3.46. The van der Waals surface area contributed by atoms with E-state index in [-0.39, 0.29) is 6.54 Å². The lowest BCUT2D eigenvalue weighted by atomic mass is 10.0. The Morgan fingerprint density at radius 1 is 1.50 bits per heavy atom. The summed E-state index contributed by atoms with van der Waals surface area (Å²) in [5, 5.41) is 3.25. The topological polar surface area (TPSA) is 58.2 Å². The summed E-state index contributed by atoms with van der Waals surface area (Å²) in [5.41, 5.74) is 2.09. The number of hydrogen-bond acceptors (Lipinski definition) is 3. The van der Waals surface area contributed by atoms with Gasteiger partial charge >= 0.3 is 0 Å². The predicted octanol–water partition coefficient (Wildman–Crippen LogP) is 2.23. The van der Waals surface area contributed by atoms with Gasteiger partial charge in [0.05, 0.1) is 4.90 Å². The number of anilines is 1. The summed E-state index contributed by atoms with van der Waals surface area (Å²) in [5.74, 6) is 0. The van der Waals surface area contributed by atoms with E-state index in [4.69, 9.17) is 0 Å². The van der Waals surface area contributed by atoms with Gasteiger partial charge in [-0.1, -0.05) is 22.5 Å². The van der Waals surface area contributed by atoms with Gasteiger partial charge < -0.3 is 5.32 Å². The molecule has 2 rings (SSSR count). The Morgan fingerprint density at radius 3 is 3.00 bits per heavy atom. The summed E-state index contributed by atoms with van der Waals surface area (Å²) >= 11 is 3.13. The van der Waals surface area contributed by atoms with Crippen LogP contribution in [0.15, 0.2) is 34.2 Å². The van der Waals surface area contributed by atoms with E-state index in [1.807, 2.05) is 6.07 Å². The van der Waals surface area contributed by atoms with Gasteiger partial charge in [0.1, 0.15) is 0 Å². The third-order valence-corrected chi connectivity index (χ3v) is 4.46. The average molecular weight is 331 g/mol. The Balaban J connectivity index is 2.25. The number of benzene rings is 1. The molecule has 1 heterocycles. The molecule has 1 aromatic carbocycles. The van der Waals surface area contributed by atoms with Gasteiger partial charge in [-0.25, -0.2) is 13.1 Å². The fourth-order valence-corrected chi connectivity index (χ4v) is 3.28. The summed E-state index contributed by atoms with van der Waals surface area (Å²) in [6.07, 6.45) is 1.94. The van der Waals surface area contributed by atoms with Crippen LogP contribution in [0.5, 0.6) is 0 Å². The molecule has 0 saturated heterocycles. The first-order valence-electron chi connectivity index (χ1n) is 5.69. The Bertz CT molecular complexity index is 569. The fraction of sp³-hybridized carbons (Fsp3) is 0.333. The summed E-state index contributed by atoms with van der Waals surface area (Å²) in [6, 6.07) is 5.18. The van der Waals surface area contributed by atoms with Crippen LogP contribution in [0.3, 0.4) is 0 Å². The molecule has 0 unspecified atom stereocenters. The maximum absolute atomic E-state index is 12.0. The Hall–Kier alpha value is -0.850. The zero-order chi connectivity index (χ0) is 13.2. The van der Waals surface area contributed by atoms with Crippen molar-refractivity contribution in [1.29, 1.82) is 0 Å². The molecule has 18 heavy (non-hydrogen) atoms. The highest BCUT2D eigenvalue weighted by atomic mass is 79.9. The molecule has 1 aromatic rings. The summed E-state index contributed by atoms with van der Waals surface area (Å²) in [4.78, 5) is 0.304. The molecule has 6 heteroatoms. The third-order valence-electron chi connectivity index (χ3n) is 2.78. The van der Waals surface area contributed by atoms with Gasteiger partial charge in [0.15, 0.2) is 0 Å². The van der Waals surface area contributed by atoms with E-state index < -0.39 is 10.0 Å². The second-order valence-electron chi connectivity index (χ2n) is 4.19. The zero-order valence-corrected chi connectivity index (χ0v) is 12.3. The second kappa shape index (κ2) is 5.42. The first-order valence-corrected chi connectivity index (χ1v) is 7.96. The van der Waals surface area contributed by atoms with Gasteiger partial charge in [-0.15, -0.1) is 0 Å². The van der Waals surface area contributed by atoms with Gasteiger partial charge in [-0.2, -0.15) is 0 Å². The lowest BCUT2D eigenvalue weighted by molar-refractivity contribution is 0.585. The van der Waals surface area contributed by atoms with Crippen LogP contribution < -0.4 is 10.0 Å². The average Bonchev–Trinajstić information content (AvgIpc) is 2.36. The molecule has 0 amide bonds. The van der Waals surface area contributed by atoms with Crippen LogP contribution in [-0.4, -0.2) is 21.5 Å². The lowest BCUT2D eigenvalue weighted by Crippen LogP contribution is -2.25. The van der Waals surface area contributed by atoms with Crippen molar-refractivity contribution in [3.05, 3.63) is 34.8 Å². The number of sulfonamides is 1. The minimum Gasteiger partial charge on any atom is -0.385 e. The molecule has 0 fully saturated rings. The molecule has 0 radical (unpaired) electrons. The number of fused-ring (bicyclic) bond motifs is 1. The molecule has 0 saturated carbocycles. The summed E-state index contributed by atoms with van der Waals surface area (Å²) < 4.78 is 27.1. The fourth-order valence-electron chi connectivity index (χ4n) is 1.88.